The van der Waals surface area contributed by atoms with Crippen LogP contribution in [0.4, 0.5) is 4.79 Å². The van der Waals surface area contributed by atoms with Gasteiger partial charge in [0, 0.05) is 25.6 Å². The molecule has 0 radical (unpaired) electrons. The molecule has 1 saturated heterocycles. The number of likely N-dealkylation sites (tertiary alicyclic amines) is 1. The normalized spacial score (nSPS) is 30.5. The second kappa shape index (κ2) is 4.67. The van der Waals surface area contributed by atoms with Gasteiger partial charge in [0.2, 0.25) is 0 Å². The molecule has 0 aromatic rings. The molecule has 1 heterocycles. The maximum Gasteiger partial charge on any atom is 0.326 e. The fourth-order valence-electron chi connectivity index (χ4n) is 2.77. The van der Waals surface area contributed by atoms with Crippen molar-refractivity contribution in [3.05, 3.63) is 0 Å². The molecule has 106 valence electrons. The molecule has 0 aromatic heterocycles. The lowest BCUT2D eigenvalue weighted by Gasteiger charge is -2.30. The quantitative estimate of drug-likeness (QED) is 0.778. The first-order chi connectivity index (χ1) is 9.06. The highest BCUT2D eigenvalue weighted by Gasteiger charge is 2.44. The van der Waals surface area contributed by atoms with Crippen LogP contribution in [0.3, 0.4) is 0 Å². The van der Waals surface area contributed by atoms with Crippen LogP contribution in [0.1, 0.15) is 32.1 Å². The van der Waals surface area contributed by atoms with Gasteiger partial charge in [-0.3, -0.25) is 0 Å². The second-order valence-electron chi connectivity index (χ2n) is 6.01. The van der Waals surface area contributed by atoms with Crippen LogP contribution in [0.5, 0.6) is 0 Å². The van der Waals surface area contributed by atoms with Crippen molar-refractivity contribution < 1.29 is 19.8 Å². The molecule has 2 N–H and O–H groups in total. The Bertz CT molecular complexity index is 392. The zero-order valence-electron chi connectivity index (χ0n) is 10.9. The van der Waals surface area contributed by atoms with E-state index in [1.54, 1.807) is 0 Å². The maximum atomic E-state index is 12.5. The summed E-state index contributed by atoms with van der Waals surface area (Å²) in [5.41, 5.74) is 0. The molecule has 0 aromatic carbocycles. The van der Waals surface area contributed by atoms with E-state index in [1.807, 2.05) is 4.90 Å². The molecule has 2 atom stereocenters. The maximum absolute atomic E-state index is 12.5. The zero-order chi connectivity index (χ0) is 13.6. The molecule has 0 spiro atoms. The SMILES string of the molecule is O=C(O)[C@@H]1CC(O)CN1C(=O)N(CC1CC1)C1CC1. The van der Waals surface area contributed by atoms with Crippen molar-refractivity contribution in [1.29, 1.82) is 0 Å². The molecule has 6 nitrogen and oxygen atoms in total. The topological polar surface area (TPSA) is 81.1 Å². The summed E-state index contributed by atoms with van der Waals surface area (Å²) < 4.78 is 0. The second-order valence-corrected chi connectivity index (χ2v) is 6.01. The van der Waals surface area contributed by atoms with E-state index in [0.717, 1.165) is 19.4 Å². The molecular formula is C13H20N2O4. The lowest BCUT2D eigenvalue weighted by molar-refractivity contribution is -0.141. The fraction of sp³-hybridized carbons (Fsp3) is 0.846. The Balaban J connectivity index is 1.70. The van der Waals surface area contributed by atoms with Crippen molar-refractivity contribution in [1.82, 2.24) is 9.80 Å². The fourth-order valence-corrected chi connectivity index (χ4v) is 2.77. The van der Waals surface area contributed by atoms with Crippen LogP contribution in [0.15, 0.2) is 0 Å². The number of carbonyl (C=O) groups excluding carboxylic acids is 1. The van der Waals surface area contributed by atoms with Gasteiger partial charge in [-0.2, -0.15) is 0 Å². The van der Waals surface area contributed by atoms with Gasteiger partial charge in [-0.25, -0.2) is 9.59 Å². The molecule has 1 unspecified atom stereocenters. The summed E-state index contributed by atoms with van der Waals surface area (Å²) in [6.07, 6.45) is 3.80. The highest BCUT2D eigenvalue weighted by Crippen LogP contribution is 2.36. The Labute approximate surface area is 112 Å². The number of nitrogens with zero attached hydrogens (tertiary/aromatic N) is 2. The van der Waals surface area contributed by atoms with Crippen LogP contribution < -0.4 is 0 Å². The number of aliphatic hydroxyl groups is 1. The molecular weight excluding hydrogens is 248 g/mol. The van der Waals surface area contributed by atoms with Crippen molar-refractivity contribution in [2.45, 2.75) is 50.3 Å². The van der Waals surface area contributed by atoms with E-state index >= 15 is 0 Å². The highest BCUT2D eigenvalue weighted by atomic mass is 16.4. The minimum absolute atomic E-state index is 0.142. The van der Waals surface area contributed by atoms with Gasteiger partial charge >= 0.3 is 12.0 Å². The first-order valence-corrected chi connectivity index (χ1v) is 7.04. The Hall–Kier alpha value is -1.30. The summed E-state index contributed by atoms with van der Waals surface area (Å²) in [4.78, 5) is 26.9. The van der Waals surface area contributed by atoms with Gasteiger partial charge in [0.15, 0.2) is 0 Å². The van der Waals surface area contributed by atoms with E-state index < -0.39 is 18.1 Å². The number of β-amino-alcohol motifs (C(OH)–C–C–N with tert-alkyl or cyclic N) is 1. The molecule has 2 aliphatic carbocycles. The van der Waals surface area contributed by atoms with E-state index in [0.29, 0.717) is 12.0 Å². The number of aliphatic carboxylic acids is 1. The van der Waals surface area contributed by atoms with Gasteiger partial charge < -0.3 is 20.0 Å². The molecule has 6 heteroatoms. The largest absolute Gasteiger partial charge is 0.480 e. The summed E-state index contributed by atoms with van der Waals surface area (Å²) in [6, 6.07) is -0.776. The third-order valence-electron chi connectivity index (χ3n) is 4.19. The molecule has 19 heavy (non-hydrogen) atoms. The molecule has 3 aliphatic rings. The zero-order valence-corrected chi connectivity index (χ0v) is 10.9. The van der Waals surface area contributed by atoms with Crippen molar-refractivity contribution in [2.75, 3.05) is 13.1 Å². The van der Waals surface area contributed by atoms with Crippen molar-refractivity contribution in [3.63, 3.8) is 0 Å². The van der Waals surface area contributed by atoms with Crippen LogP contribution in [0, 0.1) is 5.92 Å². The van der Waals surface area contributed by atoms with Crippen LogP contribution in [-0.4, -0.2) is 63.3 Å². The van der Waals surface area contributed by atoms with E-state index in [2.05, 4.69) is 0 Å². The van der Waals surface area contributed by atoms with E-state index in [4.69, 9.17) is 5.11 Å². The standard InChI is InChI=1S/C13H20N2O4/c16-10-5-11(12(17)18)15(7-10)13(19)14(9-3-4-9)6-8-1-2-8/h8-11,16H,1-7H2,(H,17,18)/t10?,11-/m0/s1. The van der Waals surface area contributed by atoms with Gasteiger partial charge in [-0.1, -0.05) is 0 Å². The Morgan fingerprint density at radius 3 is 2.42 bits per heavy atom. The summed E-state index contributed by atoms with van der Waals surface area (Å²) in [6.45, 7) is 0.895. The predicted octanol–water partition coefficient (Wildman–Crippen LogP) is 0.501. The number of hydrogen-bond acceptors (Lipinski definition) is 3. The molecule has 2 saturated carbocycles. The number of hydrogen-bond donors (Lipinski definition) is 2. The van der Waals surface area contributed by atoms with Crippen molar-refractivity contribution in [3.8, 4) is 0 Å². The highest BCUT2D eigenvalue weighted by molar-refractivity contribution is 5.84. The summed E-state index contributed by atoms with van der Waals surface area (Å²) in [5, 5.41) is 18.8. The smallest absolute Gasteiger partial charge is 0.326 e. The molecule has 3 rings (SSSR count). The number of rotatable bonds is 4. The third-order valence-corrected chi connectivity index (χ3v) is 4.19. The van der Waals surface area contributed by atoms with Gasteiger partial charge in [-0.05, 0) is 31.6 Å². The van der Waals surface area contributed by atoms with Gasteiger partial charge in [-0.15, -0.1) is 0 Å². The van der Waals surface area contributed by atoms with Crippen LogP contribution in [-0.2, 0) is 4.79 Å². The lowest BCUT2D eigenvalue weighted by Crippen LogP contribution is -2.49. The third kappa shape index (κ3) is 2.68. The summed E-state index contributed by atoms with van der Waals surface area (Å²) in [7, 11) is 0. The van der Waals surface area contributed by atoms with E-state index in [1.165, 1.54) is 17.7 Å². The number of amides is 2. The Kier molecular flexibility index (Phi) is 3.12. The number of carbonyl (C=O) groups is 2. The van der Waals surface area contributed by atoms with Crippen molar-refractivity contribution >= 4 is 12.0 Å². The van der Waals surface area contributed by atoms with Crippen LogP contribution in [0.2, 0.25) is 0 Å². The molecule has 0 bridgehead atoms. The monoisotopic (exact) mass is 268 g/mol. The summed E-state index contributed by atoms with van der Waals surface area (Å²) >= 11 is 0. The first-order valence-electron chi connectivity index (χ1n) is 7.04. The number of urea groups is 1. The van der Waals surface area contributed by atoms with Crippen LogP contribution >= 0.6 is 0 Å². The van der Waals surface area contributed by atoms with E-state index in [9.17, 15) is 14.7 Å². The van der Waals surface area contributed by atoms with Gasteiger partial charge in [0.25, 0.3) is 0 Å². The van der Waals surface area contributed by atoms with Crippen LogP contribution in [0.25, 0.3) is 0 Å². The van der Waals surface area contributed by atoms with Gasteiger partial charge in [0.05, 0.1) is 6.10 Å². The average molecular weight is 268 g/mol. The van der Waals surface area contributed by atoms with Crippen molar-refractivity contribution in [2.24, 2.45) is 5.92 Å². The number of aliphatic hydroxyl groups excluding tert-OH is 1. The Morgan fingerprint density at radius 2 is 1.89 bits per heavy atom. The van der Waals surface area contributed by atoms with E-state index in [-0.39, 0.29) is 19.0 Å². The average Bonchev–Trinajstić information content (AvgIpc) is 3.24. The number of carboxylic acids is 1. The molecule has 1 aliphatic heterocycles. The Morgan fingerprint density at radius 1 is 1.21 bits per heavy atom. The minimum Gasteiger partial charge on any atom is -0.480 e. The molecule has 2 amide bonds. The van der Waals surface area contributed by atoms with Gasteiger partial charge in [0.1, 0.15) is 6.04 Å². The number of carboxylic acid groups (broad SMARTS) is 1. The minimum atomic E-state index is -1.02. The lowest BCUT2D eigenvalue weighted by atomic mass is 10.2. The predicted molar refractivity (Wildman–Crippen MR) is 66.6 cm³/mol. The first kappa shape index (κ1) is 12.7. The summed E-state index contributed by atoms with van der Waals surface area (Å²) in [5.74, 6) is -0.424. The molecule has 3 fully saturated rings.